The second-order valence-corrected chi connectivity index (χ2v) is 7.51. The van der Waals surface area contributed by atoms with Crippen LogP contribution < -0.4 is 16.0 Å². The van der Waals surface area contributed by atoms with Gasteiger partial charge in [-0.3, -0.25) is 19.3 Å². The molecule has 150 valence electrons. The number of nitrogens with zero attached hydrogens (tertiary/aromatic N) is 1. The third kappa shape index (κ3) is 3.96. The lowest BCUT2D eigenvalue weighted by molar-refractivity contribution is -0.131. The first-order valence-electron chi connectivity index (χ1n) is 9.32. The van der Waals surface area contributed by atoms with E-state index in [2.05, 4.69) is 16.0 Å². The van der Waals surface area contributed by atoms with Crippen LogP contribution >= 0.6 is 11.6 Å². The molecule has 28 heavy (non-hydrogen) atoms. The summed E-state index contributed by atoms with van der Waals surface area (Å²) in [4.78, 5) is 49.9. The normalized spacial score (nSPS) is 17.7. The summed E-state index contributed by atoms with van der Waals surface area (Å²) in [5, 5.41) is 8.30. The highest BCUT2D eigenvalue weighted by Gasteiger charge is 2.51. The van der Waals surface area contributed by atoms with E-state index in [1.54, 1.807) is 6.07 Å². The van der Waals surface area contributed by atoms with Crippen LogP contribution in [-0.4, -0.2) is 47.8 Å². The third-order valence-electron chi connectivity index (χ3n) is 5.21. The van der Waals surface area contributed by atoms with Gasteiger partial charge in [-0.05, 0) is 37.5 Å². The Kier molecular flexibility index (Phi) is 5.88. The molecule has 1 heterocycles. The van der Waals surface area contributed by atoms with Crippen molar-refractivity contribution in [1.29, 1.82) is 0 Å². The molecular weight excluding hydrogens is 384 g/mol. The van der Waals surface area contributed by atoms with E-state index in [0.29, 0.717) is 24.9 Å². The molecule has 1 aromatic carbocycles. The molecule has 1 aliphatic heterocycles. The highest BCUT2D eigenvalue weighted by atomic mass is 35.5. The molecule has 0 radical (unpaired) electrons. The van der Waals surface area contributed by atoms with Crippen molar-refractivity contribution in [2.45, 2.75) is 44.1 Å². The van der Waals surface area contributed by atoms with Gasteiger partial charge < -0.3 is 16.0 Å². The largest absolute Gasteiger partial charge is 0.355 e. The molecular formula is C19H23ClN4O4. The number of hydrogen-bond acceptors (Lipinski definition) is 4. The topological polar surface area (TPSA) is 108 Å². The molecule has 1 aliphatic carbocycles. The highest BCUT2D eigenvalue weighted by Crippen LogP contribution is 2.35. The SMILES string of the molecule is CNC(=O)c1cc(NC(=O)CCCN2C(=O)NC3(CCCC3)C2=O)ccc1Cl. The quantitative estimate of drug-likeness (QED) is 0.630. The minimum absolute atomic E-state index is 0.141. The maximum absolute atomic E-state index is 12.6. The molecule has 1 saturated carbocycles. The van der Waals surface area contributed by atoms with Crippen molar-refractivity contribution in [2.75, 3.05) is 18.9 Å². The number of imide groups is 1. The summed E-state index contributed by atoms with van der Waals surface area (Å²) in [6.07, 6.45) is 3.72. The molecule has 2 aliphatic rings. The summed E-state index contributed by atoms with van der Waals surface area (Å²) in [6.45, 7) is 0.198. The van der Waals surface area contributed by atoms with Gasteiger partial charge in [-0.15, -0.1) is 0 Å². The van der Waals surface area contributed by atoms with Gasteiger partial charge >= 0.3 is 6.03 Å². The number of rotatable bonds is 6. The first-order valence-corrected chi connectivity index (χ1v) is 9.70. The summed E-state index contributed by atoms with van der Waals surface area (Å²) in [5.41, 5.74) is -0.00474. The molecule has 0 atom stereocenters. The fourth-order valence-corrected chi connectivity index (χ4v) is 3.93. The van der Waals surface area contributed by atoms with Crippen LogP contribution in [0, 0.1) is 0 Å². The van der Waals surface area contributed by atoms with E-state index >= 15 is 0 Å². The summed E-state index contributed by atoms with van der Waals surface area (Å²) < 4.78 is 0. The number of anilines is 1. The fourth-order valence-electron chi connectivity index (χ4n) is 3.73. The van der Waals surface area contributed by atoms with Crippen LogP contribution in [0.4, 0.5) is 10.5 Å². The van der Waals surface area contributed by atoms with E-state index in [4.69, 9.17) is 11.6 Å². The lowest BCUT2D eigenvalue weighted by Gasteiger charge is -2.19. The maximum Gasteiger partial charge on any atom is 0.325 e. The molecule has 3 rings (SSSR count). The van der Waals surface area contributed by atoms with Crippen molar-refractivity contribution < 1.29 is 19.2 Å². The third-order valence-corrected chi connectivity index (χ3v) is 5.54. The average molecular weight is 407 g/mol. The van der Waals surface area contributed by atoms with Crippen molar-refractivity contribution in [3.05, 3.63) is 28.8 Å². The van der Waals surface area contributed by atoms with Gasteiger partial charge in [0, 0.05) is 25.7 Å². The zero-order valence-corrected chi connectivity index (χ0v) is 16.4. The van der Waals surface area contributed by atoms with Gasteiger partial charge in [0.1, 0.15) is 5.54 Å². The average Bonchev–Trinajstić information content (AvgIpc) is 3.23. The van der Waals surface area contributed by atoms with Gasteiger partial charge in [0.05, 0.1) is 10.6 Å². The molecule has 5 amide bonds. The number of carbonyl (C=O) groups is 4. The van der Waals surface area contributed by atoms with Crippen LogP contribution in [0.2, 0.25) is 5.02 Å². The lowest BCUT2D eigenvalue weighted by atomic mass is 9.98. The summed E-state index contributed by atoms with van der Waals surface area (Å²) in [5.74, 6) is -0.795. The van der Waals surface area contributed by atoms with E-state index in [0.717, 1.165) is 12.8 Å². The van der Waals surface area contributed by atoms with Crippen LogP contribution in [-0.2, 0) is 9.59 Å². The second kappa shape index (κ2) is 8.18. The Hall–Kier alpha value is -2.61. The number of nitrogens with one attached hydrogen (secondary N) is 3. The van der Waals surface area contributed by atoms with Crippen molar-refractivity contribution in [3.8, 4) is 0 Å². The number of halogens is 1. The Morgan fingerprint density at radius 2 is 1.96 bits per heavy atom. The minimum Gasteiger partial charge on any atom is -0.355 e. The Labute approximate surface area is 168 Å². The monoisotopic (exact) mass is 406 g/mol. The molecule has 1 aromatic rings. The summed E-state index contributed by atoms with van der Waals surface area (Å²) in [6, 6.07) is 4.27. The molecule has 1 saturated heterocycles. The van der Waals surface area contributed by atoms with Crippen LogP contribution in [0.5, 0.6) is 0 Å². The van der Waals surface area contributed by atoms with Gasteiger partial charge in [0.15, 0.2) is 0 Å². The number of carbonyl (C=O) groups excluding carboxylic acids is 4. The Morgan fingerprint density at radius 3 is 2.64 bits per heavy atom. The smallest absolute Gasteiger partial charge is 0.325 e. The van der Waals surface area contributed by atoms with Crippen LogP contribution in [0.3, 0.4) is 0 Å². The van der Waals surface area contributed by atoms with Gasteiger partial charge in [-0.2, -0.15) is 0 Å². The number of benzene rings is 1. The maximum atomic E-state index is 12.6. The van der Waals surface area contributed by atoms with Gasteiger partial charge in [0.2, 0.25) is 5.91 Å². The van der Waals surface area contributed by atoms with Crippen molar-refractivity contribution >= 4 is 41.0 Å². The molecule has 3 N–H and O–H groups in total. The van der Waals surface area contributed by atoms with E-state index in [1.165, 1.54) is 24.1 Å². The number of hydrogen-bond donors (Lipinski definition) is 3. The molecule has 2 fully saturated rings. The van der Waals surface area contributed by atoms with Crippen molar-refractivity contribution in [2.24, 2.45) is 0 Å². The van der Waals surface area contributed by atoms with Crippen LogP contribution in [0.1, 0.15) is 48.9 Å². The summed E-state index contributed by atoms with van der Waals surface area (Å²) in [7, 11) is 1.50. The zero-order chi connectivity index (χ0) is 20.3. The standard InChI is InChI=1S/C19H23ClN4O4/c1-21-16(26)13-11-12(6-7-14(13)20)22-15(25)5-4-10-24-17(27)19(23-18(24)28)8-2-3-9-19/h6-7,11H,2-5,8-10H2,1H3,(H,21,26)(H,22,25)(H,23,28). The minimum atomic E-state index is -0.723. The van der Waals surface area contributed by atoms with Gasteiger partial charge in [-0.1, -0.05) is 24.4 Å². The molecule has 0 unspecified atom stereocenters. The second-order valence-electron chi connectivity index (χ2n) is 7.10. The number of urea groups is 1. The summed E-state index contributed by atoms with van der Waals surface area (Å²) >= 11 is 5.99. The molecule has 0 bridgehead atoms. The molecule has 1 spiro atoms. The van der Waals surface area contributed by atoms with E-state index in [-0.39, 0.29) is 47.3 Å². The molecule has 8 nitrogen and oxygen atoms in total. The van der Waals surface area contributed by atoms with E-state index < -0.39 is 5.54 Å². The highest BCUT2D eigenvalue weighted by molar-refractivity contribution is 6.34. The Balaban J connectivity index is 1.52. The molecule has 9 heteroatoms. The van der Waals surface area contributed by atoms with Crippen molar-refractivity contribution in [1.82, 2.24) is 15.5 Å². The Morgan fingerprint density at radius 1 is 1.25 bits per heavy atom. The Bertz CT molecular complexity index is 820. The van der Waals surface area contributed by atoms with E-state index in [9.17, 15) is 19.2 Å². The first kappa shape index (κ1) is 20.1. The zero-order valence-electron chi connectivity index (χ0n) is 15.6. The van der Waals surface area contributed by atoms with Crippen molar-refractivity contribution in [3.63, 3.8) is 0 Å². The predicted octanol–water partition coefficient (Wildman–Crippen LogP) is 2.28. The number of amides is 5. The van der Waals surface area contributed by atoms with Gasteiger partial charge in [-0.25, -0.2) is 4.79 Å². The van der Waals surface area contributed by atoms with E-state index in [1.807, 2.05) is 0 Å². The lowest BCUT2D eigenvalue weighted by Crippen LogP contribution is -2.44. The fraction of sp³-hybridized carbons (Fsp3) is 0.474. The van der Waals surface area contributed by atoms with Gasteiger partial charge in [0.25, 0.3) is 11.8 Å². The molecule has 0 aromatic heterocycles. The predicted molar refractivity (Wildman–Crippen MR) is 104 cm³/mol. The first-order chi connectivity index (χ1) is 13.4. The van der Waals surface area contributed by atoms with Crippen LogP contribution in [0.25, 0.3) is 0 Å². The van der Waals surface area contributed by atoms with Crippen LogP contribution in [0.15, 0.2) is 18.2 Å².